The van der Waals surface area contributed by atoms with Crippen molar-refractivity contribution in [3.05, 3.63) is 22.8 Å². The number of nitrogens with zero attached hydrogens (tertiary/aromatic N) is 2. The van der Waals surface area contributed by atoms with E-state index in [1.165, 1.54) is 0 Å². The summed E-state index contributed by atoms with van der Waals surface area (Å²) in [7, 11) is 0. The summed E-state index contributed by atoms with van der Waals surface area (Å²) in [6, 6.07) is 0.861. The van der Waals surface area contributed by atoms with E-state index in [4.69, 9.17) is 17.3 Å². The lowest BCUT2D eigenvalue weighted by Gasteiger charge is -2.34. The van der Waals surface area contributed by atoms with Gasteiger partial charge in [0.15, 0.2) is 0 Å². The first-order valence-corrected chi connectivity index (χ1v) is 8.56. The molecule has 1 aliphatic heterocycles. The Hall–Kier alpha value is -1.54. The van der Waals surface area contributed by atoms with Crippen molar-refractivity contribution in [1.82, 2.24) is 9.88 Å². The second-order valence-electron chi connectivity index (χ2n) is 6.33. The number of aromatic nitrogens is 1. The van der Waals surface area contributed by atoms with E-state index >= 15 is 0 Å². The van der Waals surface area contributed by atoms with E-state index in [9.17, 15) is 18.0 Å². The second-order valence-corrected chi connectivity index (χ2v) is 6.74. The number of alkyl halides is 3. The molecule has 5 nitrogen and oxygen atoms in total. The van der Waals surface area contributed by atoms with Gasteiger partial charge >= 0.3 is 6.18 Å². The van der Waals surface area contributed by atoms with Crippen LogP contribution >= 0.6 is 11.6 Å². The number of hydrogen-bond donors (Lipinski definition) is 2. The van der Waals surface area contributed by atoms with Crippen LogP contribution in [0.15, 0.2) is 12.3 Å². The van der Waals surface area contributed by atoms with Gasteiger partial charge in [0.25, 0.3) is 0 Å². The van der Waals surface area contributed by atoms with Gasteiger partial charge in [-0.05, 0) is 31.7 Å². The summed E-state index contributed by atoms with van der Waals surface area (Å²) in [6.45, 7) is 3.55. The fraction of sp³-hybridized carbons (Fsp3) is 0.625. The normalized spacial score (nSPS) is 19.6. The van der Waals surface area contributed by atoms with Crippen molar-refractivity contribution in [3.8, 4) is 0 Å². The number of amides is 1. The van der Waals surface area contributed by atoms with Gasteiger partial charge in [-0.2, -0.15) is 13.2 Å². The highest BCUT2D eigenvalue weighted by Gasteiger charge is 2.31. The minimum atomic E-state index is -4.49. The smallest absolute Gasteiger partial charge is 0.368 e. The summed E-state index contributed by atoms with van der Waals surface area (Å²) in [5.74, 6) is 0.423. The largest absolute Gasteiger partial charge is 0.417 e. The molecule has 0 saturated carbocycles. The number of carbonyl (C=O) groups excluding carboxylic acids is 1. The lowest BCUT2D eigenvalue weighted by molar-refractivity contribution is -0.137. The van der Waals surface area contributed by atoms with Crippen LogP contribution in [-0.2, 0) is 11.0 Å². The van der Waals surface area contributed by atoms with Gasteiger partial charge in [0.05, 0.1) is 10.6 Å². The SMILES string of the molecule is C[C@H](N)[C@@H]1CCCN(C(=O)CCNc2ncc(C(F)(F)F)cc2Cl)C1. The van der Waals surface area contributed by atoms with Crippen LogP contribution in [0.2, 0.25) is 5.02 Å². The van der Waals surface area contributed by atoms with Crippen LogP contribution in [0.3, 0.4) is 0 Å². The topological polar surface area (TPSA) is 71.2 Å². The molecular formula is C16H22ClF3N4O. The standard InChI is InChI=1S/C16H22ClF3N4O/c1-10(21)11-3-2-6-24(9-11)14(25)4-5-22-15-13(17)7-12(8-23-15)16(18,19)20/h7-8,10-11H,2-6,9,21H2,1H3,(H,22,23)/t10-,11+/m0/s1. The van der Waals surface area contributed by atoms with E-state index in [0.29, 0.717) is 25.2 Å². The van der Waals surface area contributed by atoms with E-state index in [2.05, 4.69) is 10.3 Å². The van der Waals surface area contributed by atoms with E-state index in [-0.39, 0.29) is 35.8 Å². The van der Waals surface area contributed by atoms with Crippen LogP contribution in [-0.4, -0.2) is 41.5 Å². The predicted octanol–water partition coefficient (Wildman–Crippen LogP) is 3.14. The molecule has 0 unspecified atom stereocenters. The Morgan fingerprint density at radius 3 is 2.88 bits per heavy atom. The lowest BCUT2D eigenvalue weighted by Crippen LogP contribution is -2.45. The maximum Gasteiger partial charge on any atom is 0.417 e. The highest BCUT2D eigenvalue weighted by Crippen LogP contribution is 2.32. The zero-order valence-corrected chi connectivity index (χ0v) is 14.7. The Bertz CT molecular complexity index is 610. The summed E-state index contributed by atoms with van der Waals surface area (Å²) < 4.78 is 37.7. The zero-order chi connectivity index (χ0) is 18.6. The Morgan fingerprint density at radius 1 is 1.56 bits per heavy atom. The summed E-state index contributed by atoms with van der Waals surface area (Å²) in [4.78, 5) is 17.7. The van der Waals surface area contributed by atoms with Gasteiger partial charge in [-0.3, -0.25) is 4.79 Å². The average Bonchev–Trinajstić information content (AvgIpc) is 2.55. The lowest BCUT2D eigenvalue weighted by atomic mass is 9.92. The average molecular weight is 379 g/mol. The summed E-state index contributed by atoms with van der Waals surface area (Å²) in [6.07, 6.45) is -1.61. The molecule has 3 N–H and O–H groups in total. The molecule has 2 rings (SSSR count). The molecule has 0 bridgehead atoms. The molecule has 1 amide bonds. The van der Waals surface area contributed by atoms with Crippen molar-refractivity contribution < 1.29 is 18.0 Å². The fourth-order valence-electron chi connectivity index (χ4n) is 2.83. The third-order valence-corrected chi connectivity index (χ3v) is 4.64. The van der Waals surface area contributed by atoms with Crippen molar-refractivity contribution in [2.75, 3.05) is 25.0 Å². The van der Waals surface area contributed by atoms with E-state index < -0.39 is 11.7 Å². The molecule has 0 radical (unpaired) electrons. The van der Waals surface area contributed by atoms with Gasteiger partial charge in [0.2, 0.25) is 5.91 Å². The number of pyridine rings is 1. The Balaban J connectivity index is 1.85. The van der Waals surface area contributed by atoms with Gasteiger partial charge in [-0.1, -0.05) is 11.6 Å². The van der Waals surface area contributed by atoms with Gasteiger partial charge in [-0.15, -0.1) is 0 Å². The number of likely N-dealkylation sites (tertiary alicyclic amines) is 1. The van der Waals surface area contributed by atoms with Crippen LogP contribution in [0.25, 0.3) is 0 Å². The van der Waals surface area contributed by atoms with Crippen molar-refractivity contribution in [2.45, 2.75) is 38.4 Å². The highest BCUT2D eigenvalue weighted by atomic mass is 35.5. The van der Waals surface area contributed by atoms with E-state index in [1.807, 2.05) is 6.92 Å². The first kappa shape index (κ1) is 19.8. The first-order chi connectivity index (χ1) is 11.7. The minimum absolute atomic E-state index is 0.0131. The number of anilines is 1. The van der Waals surface area contributed by atoms with E-state index in [0.717, 1.165) is 18.9 Å². The number of halogens is 4. The zero-order valence-electron chi connectivity index (χ0n) is 13.9. The van der Waals surface area contributed by atoms with Crippen LogP contribution in [0.5, 0.6) is 0 Å². The third-order valence-electron chi connectivity index (χ3n) is 4.35. The molecule has 0 aliphatic carbocycles. The second kappa shape index (κ2) is 8.23. The Kier molecular flexibility index (Phi) is 6.51. The molecule has 2 heterocycles. The summed E-state index contributed by atoms with van der Waals surface area (Å²) in [5.41, 5.74) is 5.00. The number of rotatable bonds is 5. The molecule has 1 aliphatic rings. The first-order valence-electron chi connectivity index (χ1n) is 8.18. The molecule has 9 heteroatoms. The van der Waals surface area contributed by atoms with Crippen LogP contribution < -0.4 is 11.1 Å². The Labute approximate surface area is 149 Å². The quantitative estimate of drug-likeness (QED) is 0.825. The molecular weight excluding hydrogens is 357 g/mol. The fourth-order valence-corrected chi connectivity index (χ4v) is 3.07. The number of hydrogen-bond acceptors (Lipinski definition) is 4. The van der Waals surface area contributed by atoms with Gasteiger partial charge in [0.1, 0.15) is 5.82 Å². The predicted molar refractivity (Wildman–Crippen MR) is 90.3 cm³/mol. The number of carbonyl (C=O) groups is 1. The van der Waals surface area contributed by atoms with Crippen molar-refractivity contribution in [2.24, 2.45) is 11.7 Å². The number of piperidine rings is 1. The maximum atomic E-state index is 12.6. The monoisotopic (exact) mass is 378 g/mol. The minimum Gasteiger partial charge on any atom is -0.368 e. The summed E-state index contributed by atoms with van der Waals surface area (Å²) in [5, 5.41) is 2.69. The van der Waals surface area contributed by atoms with Gasteiger partial charge < -0.3 is 16.0 Å². The summed E-state index contributed by atoms with van der Waals surface area (Å²) >= 11 is 5.82. The van der Waals surface area contributed by atoms with Crippen LogP contribution in [0.1, 0.15) is 31.7 Å². The van der Waals surface area contributed by atoms with Crippen LogP contribution in [0.4, 0.5) is 19.0 Å². The highest BCUT2D eigenvalue weighted by molar-refractivity contribution is 6.32. The molecule has 0 aromatic carbocycles. The molecule has 1 aromatic heterocycles. The molecule has 1 saturated heterocycles. The van der Waals surface area contributed by atoms with Crippen LogP contribution in [0, 0.1) is 5.92 Å². The maximum absolute atomic E-state index is 12.6. The van der Waals surface area contributed by atoms with Crippen molar-refractivity contribution >= 4 is 23.3 Å². The van der Waals surface area contributed by atoms with Crippen molar-refractivity contribution in [3.63, 3.8) is 0 Å². The van der Waals surface area contributed by atoms with Crippen molar-refractivity contribution in [1.29, 1.82) is 0 Å². The molecule has 0 spiro atoms. The molecule has 1 aromatic rings. The van der Waals surface area contributed by atoms with E-state index in [1.54, 1.807) is 4.90 Å². The molecule has 140 valence electrons. The van der Waals surface area contributed by atoms with Gasteiger partial charge in [-0.25, -0.2) is 4.98 Å². The third kappa shape index (κ3) is 5.47. The molecule has 2 atom stereocenters. The van der Waals surface area contributed by atoms with Gasteiger partial charge in [0, 0.05) is 38.3 Å². The molecule has 1 fully saturated rings. The molecule has 25 heavy (non-hydrogen) atoms. The Morgan fingerprint density at radius 2 is 2.28 bits per heavy atom. The number of nitrogens with two attached hydrogens (primary N) is 1. The number of nitrogens with one attached hydrogen (secondary N) is 1.